The number of aliphatic imine (C=N–C) groups is 1. The van der Waals surface area contributed by atoms with Crippen LogP contribution in [0.4, 0.5) is 5.69 Å². The molecule has 2 aromatic carbocycles. The van der Waals surface area contributed by atoms with Gasteiger partial charge in [0.1, 0.15) is 0 Å². The van der Waals surface area contributed by atoms with Crippen LogP contribution in [0.15, 0.2) is 59.6 Å². The summed E-state index contributed by atoms with van der Waals surface area (Å²) in [6, 6.07) is 16.7. The van der Waals surface area contributed by atoms with E-state index in [2.05, 4.69) is 4.99 Å². The van der Waals surface area contributed by atoms with Crippen LogP contribution >= 0.6 is 23.4 Å². The summed E-state index contributed by atoms with van der Waals surface area (Å²) < 4.78 is 0. The number of hydrogen-bond acceptors (Lipinski definition) is 3. The molecule has 112 valence electrons. The lowest BCUT2D eigenvalue weighted by Crippen LogP contribution is -2.39. The average Bonchev–Trinajstić information content (AvgIpc) is 2.58. The second-order valence-corrected chi connectivity index (χ2v) is 6.34. The van der Waals surface area contributed by atoms with Crippen molar-refractivity contribution in [3.05, 3.63) is 65.2 Å². The normalized spacial score (nSPS) is 16.8. The second kappa shape index (κ2) is 6.99. The van der Waals surface area contributed by atoms with Crippen molar-refractivity contribution in [1.29, 1.82) is 0 Å². The highest BCUT2D eigenvalue weighted by atomic mass is 35.5. The number of thioether (sulfide) groups is 1. The third kappa shape index (κ3) is 3.34. The minimum absolute atomic E-state index is 0.0152. The van der Waals surface area contributed by atoms with E-state index >= 15 is 0 Å². The van der Waals surface area contributed by atoms with Gasteiger partial charge in [0, 0.05) is 17.9 Å². The van der Waals surface area contributed by atoms with Crippen LogP contribution < -0.4 is 0 Å². The van der Waals surface area contributed by atoms with Crippen molar-refractivity contribution in [3.63, 3.8) is 0 Å². The molecule has 0 bridgehead atoms. The van der Waals surface area contributed by atoms with E-state index in [1.807, 2.05) is 48.5 Å². The Morgan fingerprint density at radius 3 is 2.59 bits per heavy atom. The smallest absolute Gasteiger partial charge is 0.259 e. The summed E-state index contributed by atoms with van der Waals surface area (Å²) in [4.78, 5) is 19.0. The Bertz CT molecular complexity index is 703. The van der Waals surface area contributed by atoms with Gasteiger partial charge in [0.15, 0.2) is 5.17 Å². The summed E-state index contributed by atoms with van der Waals surface area (Å²) in [5, 5.41) is 1.31. The monoisotopic (exact) mass is 330 g/mol. The van der Waals surface area contributed by atoms with Gasteiger partial charge in [-0.05, 0) is 30.7 Å². The van der Waals surface area contributed by atoms with Crippen molar-refractivity contribution in [2.24, 2.45) is 4.99 Å². The number of hydrogen-bond donors (Lipinski definition) is 0. The van der Waals surface area contributed by atoms with Crippen LogP contribution in [0.2, 0.25) is 5.02 Å². The number of para-hydroxylation sites is 1. The molecule has 1 heterocycles. The molecule has 5 heteroatoms. The third-order valence-electron chi connectivity index (χ3n) is 3.32. The highest BCUT2D eigenvalue weighted by molar-refractivity contribution is 8.13. The van der Waals surface area contributed by atoms with Crippen LogP contribution in [-0.4, -0.2) is 28.3 Å². The lowest BCUT2D eigenvalue weighted by Gasteiger charge is -2.27. The maximum atomic E-state index is 12.7. The molecule has 3 nitrogen and oxygen atoms in total. The van der Waals surface area contributed by atoms with Crippen LogP contribution in [-0.2, 0) is 0 Å². The topological polar surface area (TPSA) is 32.7 Å². The van der Waals surface area contributed by atoms with E-state index in [0.29, 0.717) is 28.0 Å². The zero-order valence-corrected chi connectivity index (χ0v) is 13.5. The van der Waals surface area contributed by atoms with Crippen LogP contribution in [0, 0.1) is 0 Å². The Balaban J connectivity index is 1.92. The molecule has 1 fully saturated rings. The number of amides is 1. The predicted molar refractivity (Wildman–Crippen MR) is 93.1 cm³/mol. The van der Waals surface area contributed by atoms with Gasteiger partial charge in [-0.25, -0.2) is 4.99 Å². The number of benzene rings is 2. The highest BCUT2D eigenvalue weighted by Gasteiger charge is 2.24. The van der Waals surface area contributed by atoms with Gasteiger partial charge in [-0.3, -0.25) is 9.69 Å². The van der Waals surface area contributed by atoms with E-state index in [1.54, 1.807) is 22.7 Å². The number of halogens is 1. The maximum Gasteiger partial charge on any atom is 0.259 e. The van der Waals surface area contributed by atoms with Crippen molar-refractivity contribution >= 4 is 40.1 Å². The van der Waals surface area contributed by atoms with Gasteiger partial charge in [0.05, 0.1) is 10.7 Å². The van der Waals surface area contributed by atoms with Crippen molar-refractivity contribution < 1.29 is 4.79 Å². The molecule has 0 atom stereocenters. The van der Waals surface area contributed by atoms with Crippen molar-refractivity contribution in [2.75, 3.05) is 12.3 Å². The molecule has 0 aromatic heterocycles. The molecular formula is C17H15ClN2OS. The van der Waals surface area contributed by atoms with Gasteiger partial charge >= 0.3 is 0 Å². The van der Waals surface area contributed by atoms with Gasteiger partial charge in [-0.2, -0.15) is 0 Å². The zero-order chi connectivity index (χ0) is 15.4. The van der Waals surface area contributed by atoms with E-state index < -0.39 is 0 Å². The van der Waals surface area contributed by atoms with Gasteiger partial charge in [0.25, 0.3) is 5.91 Å². The van der Waals surface area contributed by atoms with E-state index in [0.717, 1.165) is 12.2 Å². The minimum Gasteiger partial charge on any atom is -0.287 e. The quantitative estimate of drug-likeness (QED) is 0.805. The van der Waals surface area contributed by atoms with Crippen LogP contribution in [0.5, 0.6) is 0 Å². The molecule has 0 radical (unpaired) electrons. The molecule has 0 unspecified atom stereocenters. The van der Waals surface area contributed by atoms with Crippen LogP contribution in [0.1, 0.15) is 16.8 Å². The lowest BCUT2D eigenvalue weighted by molar-refractivity contribution is 0.0849. The Morgan fingerprint density at radius 2 is 1.82 bits per heavy atom. The molecule has 1 aliphatic heterocycles. The van der Waals surface area contributed by atoms with Gasteiger partial charge < -0.3 is 0 Å². The average molecular weight is 331 g/mol. The number of amidine groups is 1. The van der Waals surface area contributed by atoms with Crippen molar-refractivity contribution in [1.82, 2.24) is 4.90 Å². The third-order valence-corrected chi connectivity index (χ3v) is 4.70. The first-order valence-corrected chi connectivity index (χ1v) is 8.45. The molecule has 0 aliphatic carbocycles. The summed E-state index contributed by atoms with van der Waals surface area (Å²) in [7, 11) is 0. The fourth-order valence-corrected chi connectivity index (χ4v) is 3.35. The summed E-state index contributed by atoms with van der Waals surface area (Å²) in [5.74, 6) is 0.945. The van der Waals surface area contributed by atoms with Crippen LogP contribution in [0.3, 0.4) is 0 Å². The molecule has 1 saturated heterocycles. The number of nitrogens with zero attached hydrogens (tertiary/aromatic N) is 2. The Kier molecular flexibility index (Phi) is 4.80. The van der Waals surface area contributed by atoms with E-state index in [1.165, 1.54) is 0 Å². The molecule has 0 spiro atoms. The first-order chi connectivity index (χ1) is 10.8. The van der Waals surface area contributed by atoms with Gasteiger partial charge in [0.2, 0.25) is 0 Å². The Morgan fingerprint density at radius 1 is 1.09 bits per heavy atom. The van der Waals surface area contributed by atoms with Gasteiger partial charge in [-0.15, -0.1) is 0 Å². The van der Waals surface area contributed by atoms with E-state index in [4.69, 9.17) is 11.6 Å². The summed E-state index contributed by atoms with van der Waals surface area (Å²) in [5.41, 5.74) is 1.37. The fraction of sp³-hybridized carbons (Fsp3) is 0.176. The van der Waals surface area contributed by atoms with Crippen LogP contribution in [0.25, 0.3) is 0 Å². The second-order valence-electron chi connectivity index (χ2n) is 4.87. The Labute approximate surface area is 139 Å². The zero-order valence-electron chi connectivity index (χ0n) is 11.9. The standard InChI is InChI=1S/C17H15ClN2OS/c18-14-9-4-5-10-15(14)19-17-20(11-6-12-22-17)16(21)13-7-2-1-3-8-13/h1-5,7-10H,6,11-12H2. The number of rotatable bonds is 2. The summed E-state index contributed by atoms with van der Waals surface area (Å²) in [6.07, 6.45) is 0.963. The molecule has 1 amide bonds. The molecule has 22 heavy (non-hydrogen) atoms. The largest absolute Gasteiger partial charge is 0.287 e. The highest BCUT2D eigenvalue weighted by Crippen LogP contribution is 2.28. The predicted octanol–water partition coefficient (Wildman–Crippen LogP) is 4.61. The minimum atomic E-state index is -0.0152. The van der Waals surface area contributed by atoms with Crippen molar-refractivity contribution in [2.45, 2.75) is 6.42 Å². The molecule has 0 N–H and O–H groups in total. The fourth-order valence-electron chi connectivity index (χ4n) is 2.22. The molecule has 3 rings (SSSR count). The van der Waals surface area contributed by atoms with E-state index in [-0.39, 0.29) is 5.91 Å². The summed E-state index contributed by atoms with van der Waals surface area (Å²) in [6.45, 7) is 0.685. The molecule has 2 aromatic rings. The summed E-state index contributed by atoms with van der Waals surface area (Å²) >= 11 is 7.76. The molecular weight excluding hydrogens is 316 g/mol. The maximum absolute atomic E-state index is 12.7. The number of carbonyl (C=O) groups is 1. The SMILES string of the molecule is O=C(c1ccccc1)N1CCCSC1=Nc1ccccc1Cl. The molecule has 1 aliphatic rings. The van der Waals surface area contributed by atoms with Crippen molar-refractivity contribution in [3.8, 4) is 0 Å². The number of carbonyl (C=O) groups excluding carboxylic acids is 1. The van der Waals surface area contributed by atoms with Gasteiger partial charge in [-0.1, -0.05) is 53.7 Å². The Hall–Kier alpha value is -1.78. The lowest BCUT2D eigenvalue weighted by atomic mass is 10.2. The first-order valence-electron chi connectivity index (χ1n) is 7.08. The molecule has 0 saturated carbocycles. The van der Waals surface area contributed by atoms with E-state index in [9.17, 15) is 4.79 Å². The first kappa shape index (κ1) is 15.1.